The summed E-state index contributed by atoms with van der Waals surface area (Å²) in [4.78, 5) is 8.90. The van der Waals surface area contributed by atoms with E-state index in [-0.39, 0.29) is 5.41 Å². The number of aromatic nitrogens is 2. The molecule has 0 spiro atoms. The van der Waals surface area contributed by atoms with Gasteiger partial charge in [-0.15, -0.1) is 0 Å². The number of hydrogen-bond acceptors (Lipinski definition) is 6. The number of methoxy groups -OCH3 is 1. The molecule has 0 aromatic carbocycles. The molecule has 1 aromatic rings. The number of hydrazine groups is 1. The lowest BCUT2D eigenvalue weighted by Crippen LogP contribution is -2.21. The van der Waals surface area contributed by atoms with E-state index < -0.39 is 0 Å². The van der Waals surface area contributed by atoms with Gasteiger partial charge in [-0.05, 0) is 5.92 Å². The van der Waals surface area contributed by atoms with E-state index in [1.165, 1.54) is 0 Å². The predicted octanol–water partition coefficient (Wildman–Crippen LogP) is 1.75. The third-order valence-electron chi connectivity index (χ3n) is 2.63. The molecule has 0 radical (unpaired) electrons. The minimum Gasteiger partial charge on any atom is -0.384 e. The van der Waals surface area contributed by atoms with Gasteiger partial charge in [0.15, 0.2) is 0 Å². The molecule has 0 fully saturated rings. The molecule has 4 N–H and O–H groups in total. The fraction of sp³-hybridized carbons (Fsp3) is 0.692. The molecule has 0 bridgehead atoms. The van der Waals surface area contributed by atoms with Crippen molar-refractivity contribution in [2.75, 3.05) is 31.0 Å². The lowest BCUT2D eigenvalue weighted by molar-refractivity contribution is 0.164. The molecule has 19 heavy (non-hydrogen) atoms. The Morgan fingerprint density at radius 3 is 2.47 bits per heavy atom. The summed E-state index contributed by atoms with van der Waals surface area (Å²) in [6.45, 7) is 9.83. The molecule has 6 nitrogen and oxygen atoms in total. The number of ether oxygens (including phenoxy) is 1. The van der Waals surface area contributed by atoms with Gasteiger partial charge in [0, 0.05) is 25.1 Å². The van der Waals surface area contributed by atoms with Gasteiger partial charge in [0.2, 0.25) is 0 Å². The van der Waals surface area contributed by atoms with Crippen molar-refractivity contribution in [2.45, 2.75) is 33.1 Å². The Balaban J connectivity index is 2.83. The summed E-state index contributed by atoms with van der Waals surface area (Å²) in [5, 5.41) is 3.29. The first-order chi connectivity index (χ1) is 8.86. The third kappa shape index (κ3) is 5.00. The van der Waals surface area contributed by atoms with E-state index in [9.17, 15) is 0 Å². The molecule has 0 aliphatic heterocycles. The van der Waals surface area contributed by atoms with Crippen LogP contribution in [0.5, 0.6) is 0 Å². The average molecular weight is 267 g/mol. The van der Waals surface area contributed by atoms with Crippen molar-refractivity contribution in [1.29, 1.82) is 0 Å². The second-order valence-corrected chi connectivity index (χ2v) is 5.80. The Kier molecular flexibility index (Phi) is 5.50. The van der Waals surface area contributed by atoms with Crippen molar-refractivity contribution in [2.24, 2.45) is 11.8 Å². The highest BCUT2D eigenvalue weighted by Crippen LogP contribution is 2.22. The van der Waals surface area contributed by atoms with E-state index in [0.29, 0.717) is 18.3 Å². The van der Waals surface area contributed by atoms with Crippen LogP contribution in [0.2, 0.25) is 0 Å². The van der Waals surface area contributed by atoms with Crippen molar-refractivity contribution in [1.82, 2.24) is 9.97 Å². The smallest absolute Gasteiger partial charge is 0.145 e. The van der Waals surface area contributed by atoms with Crippen LogP contribution in [0.3, 0.4) is 0 Å². The first-order valence-corrected chi connectivity index (χ1v) is 6.45. The molecule has 1 unspecified atom stereocenters. The number of anilines is 2. The quantitative estimate of drug-likeness (QED) is 0.538. The standard InChI is InChI=1S/C13H25N5O/c1-9(8-19-5)7-15-10-6-11(18-14)17-12(16-10)13(2,3)4/h6,9H,7-8,14H2,1-5H3,(H2,15,16,17,18). The summed E-state index contributed by atoms with van der Waals surface area (Å²) in [7, 11) is 1.70. The highest BCUT2D eigenvalue weighted by Gasteiger charge is 2.19. The summed E-state index contributed by atoms with van der Waals surface area (Å²) in [5.74, 6) is 8.00. The zero-order chi connectivity index (χ0) is 14.5. The second kappa shape index (κ2) is 6.68. The summed E-state index contributed by atoms with van der Waals surface area (Å²) in [6.07, 6.45) is 0. The van der Waals surface area contributed by atoms with Crippen molar-refractivity contribution in [3.63, 3.8) is 0 Å². The Morgan fingerprint density at radius 1 is 1.32 bits per heavy atom. The van der Waals surface area contributed by atoms with Gasteiger partial charge in [-0.2, -0.15) is 0 Å². The van der Waals surface area contributed by atoms with Crippen LogP contribution in [0.4, 0.5) is 11.6 Å². The van der Waals surface area contributed by atoms with Crippen molar-refractivity contribution in [3.8, 4) is 0 Å². The Morgan fingerprint density at radius 2 is 1.95 bits per heavy atom. The van der Waals surface area contributed by atoms with E-state index in [4.69, 9.17) is 10.6 Å². The average Bonchev–Trinajstić information content (AvgIpc) is 2.35. The Bertz CT molecular complexity index is 403. The van der Waals surface area contributed by atoms with Crippen molar-refractivity contribution >= 4 is 11.6 Å². The van der Waals surface area contributed by atoms with Crippen LogP contribution >= 0.6 is 0 Å². The van der Waals surface area contributed by atoms with Crippen LogP contribution in [-0.2, 0) is 10.2 Å². The third-order valence-corrected chi connectivity index (χ3v) is 2.63. The Labute approximate surface area is 115 Å². The normalized spacial score (nSPS) is 13.2. The van der Waals surface area contributed by atoms with E-state index >= 15 is 0 Å². The van der Waals surface area contributed by atoms with Gasteiger partial charge in [0.1, 0.15) is 17.5 Å². The number of nitrogens with two attached hydrogens (primary N) is 1. The Hall–Kier alpha value is -1.40. The molecule has 1 atom stereocenters. The van der Waals surface area contributed by atoms with Gasteiger partial charge in [0.25, 0.3) is 0 Å². The molecule has 6 heteroatoms. The minimum atomic E-state index is -0.124. The van der Waals surface area contributed by atoms with E-state index in [1.807, 2.05) is 0 Å². The minimum absolute atomic E-state index is 0.124. The van der Waals surface area contributed by atoms with Gasteiger partial charge >= 0.3 is 0 Å². The lowest BCUT2D eigenvalue weighted by Gasteiger charge is -2.19. The van der Waals surface area contributed by atoms with Crippen LogP contribution < -0.4 is 16.6 Å². The molecule has 1 rings (SSSR count). The largest absolute Gasteiger partial charge is 0.384 e. The summed E-state index contributed by atoms with van der Waals surface area (Å²) >= 11 is 0. The van der Waals surface area contributed by atoms with Gasteiger partial charge in [0.05, 0.1) is 6.61 Å². The molecular weight excluding hydrogens is 242 g/mol. The number of hydrogen-bond donors (Lipinski definition) is 3. The van der Waals surface area contributed by atoms with Crippen molar-refractivity contribution < 1.29 is 4.74 Å². The number of nitrogen functional groups attached to an aromatic ring is 1. The molecule has 0 amide bonds. The zero-order valence-electron chi connectivity index (χ0n) is 12.4. The highest BCUT2D eigenvalue weighted by atomic mass is 16.5. The van der Waals surface area contributed by atoms with Crippen LogP contribution in [0.1, 0.15) is 33.5 Å². The summed E-state index contributed by atoms with van der Waals surface area (Å²) in [6, 6.07) is 1.80. The summed E-state index contributed by atoms with van der Waals surface area (Å²) in [5.41, 5.74) is 2.45. The maximum Gasteiger partial charge on any atom is 0.145 e. The van der Waals surface area contributed by atoms with Crippen LogP contribution in [0.25, 0.3) is 0 Å². The van der Waals surface area contributed by atoms with Crippen LogP contribution in [0.15, 0.2) is 6.07 Å². The number of nitrogens with one attached hydrogen (secondary N) is 2. The molecule has 0 saturated carbocycles. The first-order valence-electron chi connectivity index (χ1n) is 6.45. The lowest BCUT2D eigenvalue weighted by atomic mass is 9.96. The topological polar surface area (TPSA) is 85.1 Å². The maximum atomic E-state index is 5.45. The second-order valence-electron chi connectivity index (χ2n) is 5.80. The van der Waals surface area contributed by atoms with Crippen molar-refractivity contribution in [3.05, 3.63) is 11.9 Å². The SMILES string of the molecule is COCC(C)CNc1cc(NN)nc(C(C)(C)C)n1. The van der Waals surface area contributed by atoms with Gasteiger partial charge < -0.3 is 15.5 Å². The molecule has 0 aliphatic carbocycles. The maximum absolute atomic E-state index is 5.45. The fourth-order valence-corrected chi connectivity index (χ4v) is 1.57. The highest BCUT2D eigenvalue weighted by molar-refractivity contribution is 5.47. The van der Waals surface area contributed by atoms with Crippen LogP contribution in [0, 0.1) is 5.92 Å². The van der Waals surface area contributed by atoms with Gasteiger partial charge in [-0.1, -0.05) is 27.7 Å². The van der Waals surface area contributed by atoms with E-state index in [2.05, 4.69) is 48.4 Å². The van der Waals surface area contributed by atoms with E-state index in [0.717, 1.165) is 18.2 Å². The first kappa shape index (κ1) is 15.7. The van der Waals surface area contributed by atoms with Gasteiger partial charge in [-0.3, -0.25) is 0 Å². The predicted molar refractivity (Wildman–Crippen MR) is 78.1 cm³/mol. The molecule has 1 heterocycles. The number of rotatable bonds is 6. The molecule has 1 aromatic heterocycles. The number of nitrogens with zero attached hydrogens (tertiary/aromatic N) is 2. The monoisotopic (exact) mass is 267 g/mol. The zero-order valence-corrected chi connectivity index (χ0v) is 12.4. The van der Waals surface area contributed by atoms with Gasteiger partial charge in [-0.25, -0.2) is 15.8 Å². The molecular formula is C13H25N5O. The molecule has 0 saturated heterocycles. The van der Waals surface area contributed by atoms with E-state index in [1.54, 1.807) is 13.2 Å². The summed E-state index contributed by atoms with van der Waals surface area (Å²) < 4.78 is 5.11. The fourth-order valence-electron chi connectivity index (χ4n) is 1.57. The molecule has 0 aliphatic rings. The molecule has 108 valence electrons. The van der Waals surface area contributed by atoms with Crippen LogP contribution in [-0.4, -0.2) is 30.2 Å².